The highest BCUT2D eigenvalue weighted by atomic mass is 16.6. The number of aliphatic carboxylic acids is 2. The first-order chi connectivity index (χ1) is 12.9. The number of benzene rings is 2. The monoisotopic (exact) mass is 376 g/mol. The maximum absolute atomic E-state index is 10.8. The Morgan fingerprint density at radius 3 is 2.19 bits per heavy atom. The highest BCUT2D eigenvalue weighted by Gasteiger charge is 2.12. The molecule has 0 unspecified atom stereocenters. The van der Waals surface area contributed by atoms with Gasteiger partial charge in [-0.1, -0.05) is 42.5 Å². The van der Waals surface area contributed by atoms with Crippen LogP contribution in [0.5, 0.6) is 5.75 Å². The number of carbonyl (C=O) groups is 2. The number of nitrogens with zero attached hydrogens (tertiary/aromatic N) is 1. The first-order valence-corrected chi connectivity index (χ1v) is 7.99. The SMILES string of the molecule is O=C(O)C(=O)O.O=[N+]([O-])c1ccccc1OCCCNCc1ccccc1. The van der Waals surface area contributed by atoms with Gasteiger partial charge in [-0.3, -0.25) is 10.1 Å². The maximum Gasteiger partial charge on any atom is 0.414 e. The van der Waals surface area contributed by atoms with Gasteiger partial charge in [0.05, 0.1) is 11.5 Å². The van der Waals surface area contributed by atoms with E-state index in [4.69, 9.17) is 24.5 Å². The van der Waals surface area contributed by atoms with Crippen LogP contribution in [0.25, 0.3) is 0 Å². The van der Waals surface area contributed by atoms with E-state index in [-0.39, 0.29) is 5.69 Å². The molecule has 9 nitrogen and oxygen atoms in total. The molecule has 0 radical (unpaired) electrons. The molecule has 0 heterocycles. The lowest BCUT2D eigenvalue weighted by Crippen LogP contribution is -2.17. The van der Waals surface area contributed by atoms with Crippen LogP contribution in [0.4, 0.5) is 5.69 Å². The second kappa shape index (κ2) is 12.0. The number of carboxylic acids is 2. The lowest BCUT2D eigenvalue weighted by molar-refractivity contribution is -0.385. The van der Waals surface area contributed by atoms with Crippen molar-refractivity contribution in [1.29, 1.82) is 0 Å². The van der Waals surface area contributed by atoms with Crippen LogP contribution >= 0.6 is 0 Å². The molecule has 0 bridgehead atoms. The molecule has 0 amide bonds. The minimum absolute atomic E-state index is 0.00902. The highest BCUT2D eigenvalue weighted by molar-refractivity contribution is 6.27. The van der Waals surface area contributed by atoms with E-state index < -0.39 is 16.9 Å². The first kappa shape index (κ1) is 21.6. The molecule has 0 aliphatic rings. The van der Waals surface area contributed by atoms with Crippen molar-refractivity contribution in [1.82, 2.24) is 5.32 Å². The van der Waals surface area contributed by atoms with Crippen LogP contribution in [0, 0.1) is 10.1 Å². The van der Waals surface area contributed by atoms with Gasteiger partial charge < -0.3 is 20.3 Å². The zero-order valence-electron chi connectivity index (χ0n) is 14.4. The molecule has 2 aromatic rings. The predicted molar refractivity (Wildman–Crippen MR) is 96.6 cm³/mol. The minimum atomic E-state index is -1.82. The lowest BCUT2D eigenvalue weighted by Gasteiger charge is -2.07. The third-order valence-electron chi connectivity index (χ3n) is 3.17. The zero-order valence-corrected chi connectivity index (χ0v) is 14.4. The Bertz CT molecular complexity index is 738. The molecule has 2 rings (SSSR count). The van der Waals surface area contributed by atoms with Crippen molar-refractivity contribution in [2.45, 2.75) is 13.0 Å². The van der Waals surface area contributed by atoms with Gasteiger partial charge >= 0.3 is 17.6 Å². The van der Waals surface area contributed by atoms with E-state index in [9.17, 15) is 10.1 Å². The van der Waals surface area contributed by atoms with Crippen LogP contribution in [0.1, 0.15) is 12.0 Å². The maximum atomic E-state index is 10.8. The number of hydrogen-bond donors (Lipinski definition) is 3. The molecule has 0 fully saturated rings. The van der Waals surface area contributed by atoms with E-state index in [0.29, 0.717) is 12.4 Å². The summed E-state index contributed by atoms with van der Waals surface area (Å²) in [7, 11) is 0. The summed E-state index contributed by atoms with van der Waals surface area (Å²) in [6, 6.07) is 16.6. The molecule has 0 aromatic heterocycles. The fraction of sp³-hybridized carbons (Fsp3) is 0.222. The van der Waals surface area contributed by atoms with Gasteiger partial charge in [0.2, 0.25) is 0 Å². The van der Waals surface area contributed by atoms with E-state index in [1.54, 1.807) is 18.2 Å². The molecule has 0 saturated carbocycles. The van der Waals surface area contributed by atoms with Gasteiger partial charge in [0.25, 0.3) is 0 Å². The second-order valence-corrected chi connectivity index (χ2v) is 5.20. The van der Waals surface area contributed by atoms with Crippen LogP contribution in [0.15, 0.2) is 54.6 Å². The number of carboxylic acid groups (broad SMARTS) is 2. The molecule has 2 aromatic carbocycles. The largest absolute Gasteiger partial charge is 0.487 e. The number of ether oxygens (including phenoxy) is 1. The van der Waals surface area contributed by atoms with Crippen molar-refractivity contribution in [2.75, 3.05) is 13.2 Å². The Morgan fingerprint density at radius 1 is 1.00 bits per heavy atom. The van der Waals surface area contributed by atoms with Crippen LogP contribution in [-0.2, 0) is 16.1 Å². The number of nitro benzene ring substituents is 1. The Kier molecular flexibility index (Phi) is 9.58. The molecule has 3 N–H and O–H groups in total. The number of rotatable bonds is 8. The van der Waals surface area contributed by atoms with Crippen molar-refractivity contribution < 1.29 is 29.5 Å². The van der Waals surface area contributed by atoms with E-state index in [0.717, 1.165) is 19.5 Å². The molecule has 9 heteroatoms. The number of nitro groups is 1. The van der Waals surface area contributed by atoms with Gasteiger partial charge in [0, 0.05) is 12.6 Å². The topological polar surface area (TPSA) is 139 Å². The summed E-state index contributed by atoms with van der Waals surface area (Å²) >= 11 is 0. The quantitative estimate of drug-likeness (QED) is 0.276. The molecule has 0 aliphatic carbocycles. The first-order valence-electron chi connectivity index (χ1n) is 7.99. The normalized spacial score (nSPS) is 9.63. The van der Waals surface area contributed by atoms with Crippen LogP contribution in [-0.4, -0.2) is 40.2 Å². The number of hydrogen-bond acceptors (Lipinski definition) is 6. The van der Waals surface area contributed by atoms with Gasteiger partial charge in [0.15, 0.2) is 5.75 Å². The average Bonchev–Trinajstić information content (AvgIpc) is 2.66. The van der Waals surface area contributed by atoms with Crippen molar-refractivity contribution in [2.24, 2.45) is 0 Å². The molecule has 27 heavy (non-hydrogen) atoms. The Labute approximate surface area is 155 Å². The third kappa shape index (κ3) is 8.98. The number of nitrogens with one attached hydrogen (secondary N) is 1. The number of para-hydroxylation sites is 2. The smallest absolute Gasteiger partial charge is 0.414 e. The van der Waals surface area contributed by atoms with Crippen LogP contribution in [0.2, 0.25) is 0 Å². The van der Waals surface area contributed by atoms with Gasteiger partial charge in [-0.25, -0.2) is 9.59 Å². The van der Waals surface area contributed by atoms with E-state index in [1.165, 1.54) is 11.6 Å². The van der Waals surface area contributed by atoms with Crippen molar-refractivity contribution in [3.8, 4) is 5.75 Å². The Balaban J connectivity index is 0.000000527. The molecular weight excluding hydrogens is 356 g/mol. The van der Waals surface area contributed by atoms with Gasteiger partial charge in [0.1, 0.15) is 0 Å². The van der Waals surface area contributed by atoms with Gasteiger partial charge in [-0.05, 0) is 24.6 Å². The second-order valence-electron chi connectivity index (χ2n) is 5.20. The lowest BCUT2D eigenvalue weighted by atomic mass is 10.2. The summed E-state index contributed by atoms with van der Waals surface area (Å²) in [6.07, 6.45) is 0.791. The molecule has 0 saturated heterocycles. The summed E-state index contributed by atoms with van der Waals surface area (Å²) in [4.78, 5) is 28.6. The Morgan fingerprint density at radius 2 is 1.59 bits per heavy atom. The summed E-state index contributed by atoms with van der Waals surface area (Å²) in [5.41, 5.74) is 1.24. The van der Waals surface area contributed by atoms with Crippen molar-refractivity contribution >= 4 is 17.6 Å². The third-order valence-corrected chi connectivity index (χ3v) is 3.17. The molecular formula is C18H20N2O7. The molecule has 144 valence electrons. The fourth-order valence-corrected chi connectivity index (χ4v) is 1.94. The molecule has 0 atom stereocenters. The van der Waals surface area contributed by atoms with Gasteiger partial charge in [-0.15, -0.1) is 0 Å². The predicted octanol–water partition coefficient (Wildman–Crippen LogP) is 2.31. The van der Waals surface area contributed by atoms with Crippen molar-refractivity contribution in [3.63, 3.8) is 0 Å². The fourth-order valence-electron chi connectivity index (χ4n) is 1.94. The van der Waals surface area contributed by atoms with E-state index >= 15 is 0 Å². The minimum Gasteiger partial charge on any atom is -0.487 e. The molecule has 0 spiro atoms. The Hall–Kier alpha value is -3.46. The van der Waals surface area contributed by atoms with Crippen LogP contribution < -0.4 is 10.1 Å². The molecule has 0 aliphatic heterocycles. The van der Waals surface area contributed by atoms with Gasteiger partial charge in [-0.2, -0.15) is 0 Å². The zero-order chi connectivity index (χ0) is 20.1. The summed E-state index contributed by atoms with van der Waals surface area (Å²) in [6.45, 7) is 2.06. The van der Waals surface area contributed by atoms with Crippen molar-refractivity contribution in [3.05, 3.63) is 70.3 Å². The summed E-state index contributed by atoms with van der Waals surface area (Å²) < 4.78 is 5.47. The van der Waals surface area contributed by atoms with E-state index in [2.05, 4.69) is 17.4 Å². The van der Waals surface area contributed by atoms with Crippen LogP contribution in [0.3, 0.4) is 0 Å². The summed E-state index contributed by atoms with van der Waals surface area (Å²) in [5, 5.41) is 28.9. The standard InChI is InChI=1S/C16H18N2O3.C2H2O4/c19-18(20)15-9-4-5-10-16(15)21-12-6-11-17-13-14-7-2-1-3-8-14;3-1(4)2(5)6/h1-5,7-10,17H,6,11-13H2;(H,3,4)(H,5,6). The highest BCUT2D eigenvalue weighted by Crippen LogP contribution is 2.25. The summed E-state index contributed by atoms with van der Waals surface area (Å²) in [5.74, 6) is -3.32. The van der Waals surface area contributed by atoms with E-state index in [1.807, 2.05) is 18.2 Å². The average molecular weight is 376 g/mol.